The molecule has 0 spiro atoms. The molecule has 7 nitrogen and oxygen atoms in total. The summed E-state index contributed by atoms with van der Waals surface area (Å²) >= 11 is 0. The maximum absolute atomic E-state index is 13.4. The van der Waals surface area contributed by atoms with Crippen LogP contribution >= 0.6 is 0 Å². The predicted molar refractivity (Wildman–Crippen MR) is 128 cm³/mol. The number of nitriles is 1. The first-order chi connectivity index (χ1) is 16.7. The number of H-pyrrole nitrogens is 1. The molecule has 5 rings (SSSR count). The number of nitrogens with zero attached hydrogens (tertiary/aromatic N) is 4. The van der Waals surface area contributed by atoms with Gasteiger partial charge >= 0.3 is 0 Å². The molecule has 2 fully saturated rings. The number of carbonyl (C=O) groups excluding carboxylic acids is 1. The number of aromatic amines is 1. The van der Waals surface area contributed by atoms with Crippen molar-refractivity contribution < 1.29 is 9.53 Å². The van der Waals surface area contributed by atoms with Crippen LogP contribution in [0.15, 0.2) is 42.5 Å². The van der Waals surface area contributed by atoms with Gasteiger partial charge in [-0.25, -0.2) is 0 Å². The van der Waals surface area contributed by atoms with Crippen molar-refractivity contribution in [3.05, 3.63) is 70.5 Å². The van der Waals surface area contributed by atoms with Gasteiger partial charge in [-0.15, -0.1) is 10.2 Å². The summed E-state index contributed by atoms with van der Waals surface area (Å²) in [5.41, 5.74) is 4.83. The molecule has 3 aromatic rings. The number of hydrogen-bond acceptors (Lipinski definition) is 5. The molecule has 34 heavy (non-hydrogen) atoms. The molecule has 2 aliphatic rings. The first-order valence-corrected chi connectivity index (χ1v) is 12.0. The van der Waals surface area contributed by atoms with Crippen LogP contribution in [0.4, 0.5) is 0 Å². The number of hydrogen-bond donors (Lipinski definition) is 1. The number of piperidine rings is 1. The van der Waals surface area contributed by atoms with Gasteiger partial charge in [-0.3, -0.25) is 4.79 Å². The van der Waals surface area contributed by atoms with Gasteiger partial charge in [0.2, 0.25) is 0 Å². The molecule has 1 aliphatic heterocycles. The third kappa shape index (κ3) is 4.46. The van der Waals surface area contributed by atoms with Crippen molar-refractivity contribution in [2.75, 3.05) is 20.2 Å². The Balaban J connectivity index is 1.33. The van der Waals surface area contributed by atoms with E-state index in [1.54, 1.807) is 7.11 Å². The summed E-state index contributed by atoms with van der Waals surface area (Å²) in [6.45, 7) is 1.82. The molecule has 1 amide bonds. The largest absolute Gasteiger partial charge is 0.377 e. The van der Waals surface area contributed by atoms with Crippen molar-refractivity contribution in [2.24, 2.45) is 0 Å². The Morgan fingerprint density at radius 2 is 1.85 bits per heavy atom. The Hall–Kier alpha value is -3.50. The Morgan fingerprint density at radius 3 is 2.50 bits per heavy atom. The molecule has 1 N–H and O–H groups in total. The first kappa shape index (κ1) is 22.3. The number of likely N-dealkylation sites (tertiary alicyclic amines) is 1. The van der Waals surface area contributed by atoms with E-state index in [0.29, 0.717) is 41.2 Å². The normalized spacial score (nSPS) is 16.8. The van der Waals surface area contributed by atoms with E-state index < -0.39 is 0 Å². The van der Waals surface area contributed by atoms with Gasteiger partial charge in [-0.1, -0.05) is 24.6 Å². The van der Waals surface area contributed by atoms with Gasteiger partial charge in [0.05, 0.1) is 11.6 Å². The van der Waals surface area contributed by atoms with Crippen molar-refractivity contribution in [1.82, 2.24) is 20.1 Å². The highest BCUT2D eigenvalue weighted by Crippen LogP contribution is 2.41. The van der Waals surface area contributed by atoms with Crippen LogP contribution in [0.25, 0.3) is 11.4 Å². The van der Waals surface area contributed by atoms with Gasteiger partial charge in [-0.2, -0.15) is 5.26 Å². The summed E-state index contributed by atoms with van der Waals surface area (Å²) in [5, 5.41) is 17.6. The summed E-state index contributed by atoms with van der Waals surface area (Å²) in [5.74, 6) is 2.37. The summed E-state index contributed by atoms with van der Waals surface area (Å²) in [6, 6.07) is 16.1. The van der Waals surface area contributed by atoms with Crippen molar-refractivity contribution >= 4 is 5.91 Å². The Bertz CT molecular complexity index is 1200. The fourth-order valence-electron chi connectivity index (χ4n) is 5.02. The fourth-order valence-corrected chi connectivity index (χ4v) is 5.02. The third-order valence-electron chi connectivity index (χ3n) is 7.21. The molecule has 0 bridgehead atoms. The zero-order chi connectivity index (χ0) is 23.5. The van der Waals surface area contributed by atoms with Crippen LogP contribution in [0.1, 0.15) is 76.8 Å². The van der Waals surface area contributed by atoms with Crippen molar-refractivity contribution in [1.29, 1.82) is 5.26 Å². The monoisotopic (exact) mass is 455 g/mol. The van der Waals surface area contributed by atoms with E-state index in [-0.39, 0.29) is 5.91 Å². The Kier molecular flexibility index (Phi) is 6.41. The number of rotatable bonds is 6. The summed E-state index contributed by atoms with van der Waals surface area (Å²) < 4.78 is 5.17. The molecule has 1 aliphatic carbocycles. The average molecular weight is 456 g/mol. The average Bonchev–Trinajstić information content (AvgIpc) is 3.32. The molecule has 0 atom stereocenters. The van der Waals surface area contributed by atoms with E-state index in [1.807, 2.05) is 41.3 Å². The molecule has 174 valence electrons. The molecular weight excluding hydrogens is 426 g/mol. The topological polar surface area (TPSA) is 94.9 Å². The van der Waals surface area contributed by atoms with Crippen molar-refractivity contribution in [2.45, 2.75) is 50.5 Å². The van der Waals surface area contributed by atoms with Crippen LogP contribution in [0.5, 0.6) is 0 Å². The highest BCUT2D eigenvalue weighted by molar-refractivity contribution is 5.95. The number of amides is 1. The second-order valence-corrected chi connectivity index (χ2v) is 9.28. The molecule has 1 saturated heterocycles. The van der Waals surface area contributed by atoms with Crippen molar-refractivity contribution in [3.8, 4) is 17.5 Å². The highest BCUT2D eigenvalue weighted by Gasteiger charge is 2.28. The lowest BCUT2D eigenvalue weighted by atomic mass is 9.77. The molecule has 0 radical (unpaired) electrons. The summed E-state index contributed by atoms with van der Waals surface area (Å²) in [7, 11) is 1.63. The van der Waals surface area contributed by atoms with Crippen LogP contribution in [-0.2, 0) is 11.3 Å². The highest BCUT2D eigenvalue weighted by atomic mass is 16.5. The van der Waals surface area contributed by atoms with E-state index in [9.17, 15) is 4.79 Å². The molecule has 2 aromatic carbocycles. The maximum Gasteiger partial charge on any atom is 0.253 e. The molecule has 0 unspecified atom stereocenters. The number of aromatic nitrogens is 3. The molecule has 7 heteroatoms. The molecule has 1 aromatic heterocycles. The van der Waals surface area contributed by atoms with E-state index in [2.05, 4.69) is 27.3 Å². The Labute approximate surface area is 199 Å². The maximum atomic E-state index is 13.4. The molecule has 2 heterocycles. The number of nitrogens with one attached hydrogen (secondary N) is 1. The minimum Gasteiger partial charge on any atom is -0.377 e. The van der Waals surface area contributed by atoms with Gasteiger partial charge in [-0.05, 0) is 72.9 Å². The van der Waals surface area contributed by atoms with Crippen LogP contribution in [0, 0.1) is 11.3 Å². The second-order valence-electron chi connectivity index (χ2n) is 9.28. The van der Waals surface area contributed by atoms with Crippen LogP contribution in [0.2, 0.25) is 0 Å². The fraction of sp³-hybridized carbons (Fsp3) is 0.407. The smallest absolute Gasteiger partial charge is 0.253 e. The van der Waals surface area contributed by atoms with E-state index in [1.165, 1.54) is 30.4 Å². The summed E-state index contributed by atoms with van der Waals surface area (Å²) in [6.07, 6.45) is 5.43. The number of carbonyl (C=O) groups is 1. The zero-order valence-electron chi connectivity index (χ0n) is 19.5. The quantitative estimate of drug-likeness (QED) is 0.577. The number of benzene rings is 2. The Morgan fingerprint density at radius 1 is 1.09 bits per heavy atom. The van der Waals surface area contributed by atoms with Crippen molar-refractivity contribution in [3.63, 3.8) is 0 Å². The molecule has 1 saturated carbocycles. The second kappa shape index (κ2) is 9.78. The lowest BCUT2D eigenvalue weighted by Crippen LogP contribution is -2.38. The van der Waals surface area contributed by atoms with Crippen LogP contribution < -0.4 is 0 Å². The van der Waals surface area contributed by atoms with Gasteiger partial charge < -0.3 is 14.6 Å². The lowest BCUT2D eigenvalue weighted by molar-refractivity contribution is 0.0713. The van der Waals surface area contributed by atoms with E-state index in [4.69, 9.17) is 10.00 Å². The van der Waals surface area contributed by atoms with Gasteiger partial charge in [0, 0.05) is 31.3 Å². The van der Waals surface area contributed by atoms with Crippen LogP contribution in [-0.4, -0.2) is 46.2 Å². The first-order valence-electron chi connectivity index (χ1n) is 12.0. The third-order valence-corrected chi connectivity index (χ3v) is 7.21. The minimum absolute atomic E-state index is 0.0660. The number of ether oxygens (including phenoxy) is 1. The van der Waals surface area contributed by atoms with Gasteiger partial charge in [0.25, 0.3) is 5.91 Å². The van der Waals surface area contributed by atoms with E-state index >= 15 is 0 Å². The van der Waals surface area contributed by atoms with Gasteiger partial charge in [0.1, 0.15) is 6.61 Å². The minimum atomic E-state index is 0.0660. The lowest BCUT2D eigenvalue weighted by Gasteiger charge is -2.33. The van der Waals surface area contributed by atoms with E-state index in [0.717, 1.165) is 31.5 Å². The van der Waals surface area contributed by atoms with Crippen LogP contribution in [0.3, 0.4) is 0 Å². The number of methoxy groups -OCH3 is 1. The predicted octanol–water partition coefficient (Wildman–Crippen LogP) is 4.78. The summed E-state index contributed by atoms with van der Waals surface area (Å²) in [4.78, 5) is 18.6. The SMILES string of the molecule is COCc1nnc(-c2cc(C(=O)N3CCC(c4ccc(C#N)cc4)CC3)ccc2C2CCC2)[nH]1. The van der Waals surface area contributed by atoms with Gasteiger partial charge in [0.15, 0.2) is 11.6 Å². The zero-order valence-corrected chi connectivity index (χ0v) is 19.5. The standard InChI is InChI=1S/C27H29N5O2/c1-34-17-25-29-26(31-30-25)24-15-22(9-10-23(24)21-3-2-4-21)27(33)32-13-11-20(12-14-32)19-7-5-18(16-28)6-8-19/h5-10,15,20-21H,2-4,11-14,17H2,1H3,(H,29,30,31). The molecular formula is C27H29N5O2.